The number of halogens is 3. The third-order valence-corrected chi connectivity index (χ3v) is 6.55. The molecule has 3 atom stereocenters. The van der Waals surface area contributed by atoms with Crippen molar-refractivity contribution in [1.29, 1.82) is 0 Å². The van der Waals surface area contributed by atoms with Crippen LogP contribution in [-0.4, -0.2) is 47.2 Å². The van der Waals surface area contributed by atoms with Crippen LogP contribution < -0.4 is 0 Å². The molecule has 4 nitrogen and oxygen atoms in total. The lowest BCUT2D eigenvalue weighted by atomic mass is 9.85. The Kier molecular flexibility index (Phi) is 4.94. The summed E-state index contributed by atoms with van der Waals surface area (Å²) in [7, 11) is 0. The van der Waals surface area contributed by atoms with Gasteiger partial charge in [-0.2, -0.15) is 13.2 Å². The van der Waals surface area contributed by atoms with E-state index in [9.17, 15) is 18.0 Å². The molecule has 4 rings (SSSR count). The van der Waals surface area contributed by atoms with Gasteiger partial charge in [0.2, 0.25) is 5.91 Å². The van der Waals surface area contributed by atoms with Gasteiger partial charge in [-0.1, -0.05) is 26.0 Å². The molecule has 1 amide bonds. The molecular weight excluding hydrogens is 369 g/mol. The summed E-state index contributed by atoms with van der Waals surface area (Å²) in [4.78, 5) is 17.1. The van der Waals surface area contributed by atoms with E-state index in [-0.39, 0.29) is 17.9 Å². The number of hydrogen-bond donors (Lipinski definition) is 0. The van der Waals surface area contributed by atoms with E-state index >= 15 is 0 Å². The van der Waals surface area contributed by atoms with Crippen molar-refractivity contribution in [3.05, 3.63) is 35.4 Å². The van der Waals surface area contributed by atoms with Gasteiger partial charge in [0.1, 0.15) is 5.72 Å². The minimum atomic E-state index is -4.31. The second-order valence-corrected chi connectivity index (χ2v) is 8.64. The molecule has 0 N–H and O–H groups in total. The highest BCUT2D eigenvalue weighted by molar-refractivity contribution is 5.80. The Hall–Kier alpha value is -1.60. The molecule has 3 aliphatic rings. The smallest absolute Gasteiger partial charge is 0.355 e. The highest BCUT2D eigenvalue weighted by Gasteiger charge is 2.59. The number of amides is 1. The molecule has 28 heavy (non-hydrogen) atoms. The predicted octanol–water partition coefficient (Wildman–Crippen LogP) is 3.90. The molecule has 1 aromatic carbocycles. The quantitative estimate of drug-likeness (QED) is 0.777. The molecule has 0 aromatic heterocycles. The van der Waals surface area contributed by atoms with Crippen molar-refractivity contribution < 1.29 is 22.7 Å². The van der Waals surface area contributed by atoms with Gasteiger partial charge < -0.3 is 9.64 Å². The SMILES string of the molecule is CC(C)[C@H]1CCO[C@]23CCN(Cc4ccc(C(F)(F)F)cc4)C[C@H]2CC(=O)N13. The van der Waals surface area contributed by atoms with Gasteiger partial charge >= 0.3 is 6.18 Å². The van der Waals surface area contributed by atoms with E-state index in [2.05, 4.69) is 18.7 Å². The Bertz CT molecular complexity index is 734. The van der Waals surface area contributed by atoms with Crippen molar-refractivity contribution in [2.75, 3.05) is 19.7 Å². The van der Waals surface area contributed by atoms with Crippen LogP contribution in [0.25, 0.3) is 0 Å². The summed E-state index contributed by atoms with van der Waals surface area (Å²) < 4.78 is 44.5. The molecule has 1 aromatic rings. The standard InChI is InChI=1S/C21H27F3N2O2/c1-14(2)18-7-10-28-20-8-9-25(13-17(20)11-19(27)26(18)20)12-15-3-5-16(6-4-15)21(22,23)24/h3-6,14,17-18H,7-13H2,1-2H3/t17-,18-,20-/m1/s1. The van der Waals surface area contributed by atoms with E-state index in [1.165, 1.54) is 0 Å². The van der Waals surface area contributed by atoms with Crippen molar-refractivity contribution in [3.8, 4) is 0 Å². The number of alkyl halides is 3. The third-order valence-electron chi connectivity index (χ3n) is 6.55. The van der Waals surface area contributed by atoms with Crippen LogP contribution in [0, 0.1) is 11.8 Å². The largest absolute Gasteiger partial charge is 0.416 e. The number of benzene rings is 1. The van der Waals surface area contributed by atoms with Gasteiger partial charge in [-0.25, -0.2) is 0 Å². The Morgan fingerprint density at radius 3 is 2.61 bits per heavy atom. The normalized spacial score (nSPS) is 31.2. The first-order valence-corrected chi connectivity index (χ1v) is 10.1. The lowest BCUT2D eigenvalue weighted by Gasteiger charge is -2.53. The molecule has 0 aliphatic carbocycles. The number of rotatable bonds is 3. The average Bonchev–Trinajstić information content (AvgIpc) is 2.93. The summed E-state index contributed by atoms with van der Waals surface area (Å²) in [5.74, 6) is 0.693. The maximum Gasteiger partial charge on any atom is 0.416 e. The van der Waals surface area contributed by atoms with Crippen LogP contribution in [0.2, 0.25) is 0 Å². The van der Waals surface area contributed by atoms with Crippen molar-refractivity contribution in [2.45, 2.75) is 57.6 Å². The lowest BCUT2D eigenvalue weighted by molar-refractivity contribution is -0.230. The summed E-state index contributed by atoms with van der Waals surface area (Å²) in [6.07, 6.45) is -2.18. The highest BCUT2D eigenvalue weighted by atomic mass is 19.4. The molecule has 0 bridgehead atoms. The average molecular weight is 396 g/mol. The molecular formula is C21H27F3N2O2. The minimum absolute atomic E-state index is 0.116. The Morgan fingerprint density at radius 2 is 1.96 bits per heavy atom. The van der Waals surface area contributed by atoms with Crippen molar-refractivity contribution in [1.82, 2.24) is 9.80 Å². The number of piperidine rings is 1. The van der Waals surface area contributed by atoms with Gasteiger partial charge in [-0.15, -0.1) is 0 Å². The van der Waals surface area contributed by atoms with Crippen molar-refractivity contribution >= 4 is 5.91 Å². The maximum absolute atomic E-state index is 12.8. The molecule has 7 heteroatoms. The molecule has 3 saturated heterocycles. The minimum Gasteiger partial charge on any atom is -0.355 e. The zero-order valence-corrected chi connectivity index (χ0v) is 16.3. The van der Waals surface area contributed by atoms with Gasteiger partial charge in [-0.3, -0.25) is 9.69 Å². The van der Waals surface area contributed by atoms with Crippen molar-refractivity contribution in [2.24, 2.45) is 11.8 Å². The first-order valence-electron chi connectivity index (χ1n) is 10.1. The van der Waals surface area contributed by atoms with Crippen LogP contribution in [-0.2, 0) is 22.3 Å². The third kappa shape index (κ3) is 3.32. The van der Waals surface area contributed by atoms with E-state index in [0.717, 1.165) is 43.6 Å². The van der Waals surface area contributed by atoms with Gasteiger partial charge in [0.25, 0.3) is 0 Å². The van der Waals surface area contributed by atoms with E-state index in [1.807, 2.05) is 4.90 Å². The number of hydrogen-bond acceptors (Lipinski definition) is 3. The van der Waals surface area contributed by atoms with Gasteiger partial charge in [0, 0.05) is 44.4 Å². The van der Waals surface area contributed by atoms with E-state index in [1.54, 1.807) is 12.1 Å². The molecule has 0 radical (unpaired) electrons. The van der Waals surface area contributed by atoms with Crippen molar-refractivity contribution in [3.63, 3.8) is 0 Å². The second kappa shape index (κ2) is 7.02. The van der Waals surface area contributed by atoms with Crippen LogP contribution in [0.3, 0.4) is 0 Å². The molecule has 1 spiro atoms. The number of nitrogens with zero attached hydrogens (tertiary/aromatic N) is 2. The summed E-state index contributed by atoms with van der Waals surface area (Å²) in [5, 5.41) is 0. The Morgan fingerprint density at radius 1 is 1.25 bits per heavy atom. The predicted molar refractivity (Wildman–Crippen MR) is 98.2 cm³/mol. The van der Waals surface area contributed by atoms with Crippen LogP contribution in [0.15, 0.2) is 24.3 Å². The summed E-state index contributed by atoms with van der Waals surface area (Å²) >= 11 is 0. The molecule has 3 heterocycles. The Labute approximate surface area is 163 Å². The fourth-order valence-corrected chi connectivity index (χ4v) is 5.17. The first kappa shape index (κ1) is 19.7. The number of likely N-dealkylation sites (tertiary alicyclic amines) is 1. The number of ether oxygens (including phenoxy) is 1. The first-order chi connectivity index (χ1) is 13.2. The fourth-order valence-electron chi connectivity index (χ4n) is 5.17. The zero-order valence-electron chi connectivity index (χ0n) is 16.3. The fraction of sp³-hybridized carbons (Fsp3) is 0.667. The summed E-state index contributed by atoms with van der Waals surface area (Å²) in [6.45, 7) is 7.09. The topological polar surface area (TPSA) is 32.8 Å². The van der Waals surface area contributed by atoms with Gasteiger partial charge in [0.05, 0.1) is 12.2 Å². The second-order valence-electron chi connectivity index (χ2n) is 8.64. The van der Waals surface area contributed by atoms with E-state index < -0.39 is 17.5 Å². The lowest BCUT2D eigenvalue weighted by Crippen LogP contribution is -2.64. The zero-order chi connectivity index (χ0) is 20.1. The van der Waals surface area contributed by atoms with Crippen LogP contribution in [0.5, 0.6) is 0 Å². The van der Waals surface area contributed by atoms with Gasteiger partial charge in [0.15, 0.2) is 0 Å². The molecule has 3 aliphatic heterocycles. The Balaban J connectivity index is 1.46. The highest BCUT2D eigenvalue weighted by Crippen LogP contribution is 2.48. The summed E-state index contributed by atoms with van der Waals surface area (Å²) in [6, 6.07) is 5.60. The number of carbonyl (C=O) groups is 1. The maximum atomic E-state index is 12.8. The van der Waals surface area contributed by atoms with Gasteiger partial charge in [-0.05, 0) is 30.0 Å². The molecule has 154 valence electrons. The van der Waals surface area contributed by atoms with E-state index in [0.29, 0.717) is 25.5 Å². The number of carbonyl (C=O) groups excluding carboxylic acids is 1. The molecule has 3 fully saturated rings. The molecule has 0 saturated carbocycles. The molecule has 0 unspecified atom stereocenters. The van der Waals surface area contributed by atoms with E-state index in [4.69, 9.17) is 4.74 Å². The van der Waals surface area contributed by atoms with Crippen LogP contribution in [0.4, 0.5) is 13.2 Å². The monoisotopic (exact) mass is 396 g/mol. The van der Waals surface area contributed by atoms with Crippen LogP contribution >= 0.6 is 0 Å². The summed E-state index contributed by atoms with van der Waals surface area (Å²) in [5.41, 5.74) is -0.253. The van der Waals surface area contributed by atoms with Crippen LogP contribution in [0.1, 0.15) is 44.2 Å².